The summed E-state index contributed by atoms with van der Waals surface area (Å²) >= 11 is 4.65. The van der Waals surface area contributed by atoms with Gasteiger partial charge in [-0.25, -0.2) is 4.68 Å². The van der Waals surface area contributed by atoms with Crippen molar-refractivity contribution in [3.05, 3.63) is 58.4 Å². The van der Waals surface area contributed by atoms with Gasteiger partial charge in [0.2, 0.25) is 11.8 Å². The molecule has 0 aliphatic rings. The lowest BCUT2D eigenvalue weighted by atomic mass is 10.2. The van der Waals surface area contributed by atoms with Gasteiger partial charge in [-0.05, 0) is 31.5 Å². The molecule has 0 aliphatic heterocycles. The molecule has 3 rings (SSSR count). The maximum absolute atomic E-state index is 12.3. The van der Waals surface area contributed by atoms with Gasteiger partial charge in [0.15, 0.2) is 5.82 Å². The van der Waals surface area contributed by atoms with Gasteiger partial charge >= 0.3 is 0 Å². The highest BCUT2D eigenvalue weighted by Crippen LogP contribution is 2.17. The molecule has 1 unspecified atom stereocenters. The summed E-state index contributed by atoms with van der Waals surface area (Å²) in [6.45, 7) is 4.02. The number of carbonyl (C=O) groups is 2. The second-order valence-electron chi connectivity index (χ2n) is 6.31. The van der Waals surface area contributed by atoms with E-state index >= 15 is 0 Å². The van der Waals surface area contributed by atoms with Crippen LogP contribution in [0, 0.1) is 6.92 Å². The second kappa shape index (κ2) is 9.75. The maximum atomic E-state index is 12.3. The number of aryl methyl sites for hydroxylation is 1. The Balaban J connectivity index is 1.49. The summed E-state index contributed by atoms with van der Waals surface area (Å²) in [5.41, 5.74) is 1.06. The number of hydrogen-bond donors (Lipinski definition) is 2. The Hall–Kier alpha value is -2.59. The first-order chi connectivity index (χ1) is 13.9. The molecule has 0 saturated heterocycles. The zero-order valence-corrected chi connectivity index (χ0v) is 18.3. The number of rotatable bonds is 8. The van der Waals surface area contributed by atoms with Gasteiger partial charge in [-0.1, -0.05) is 33.2 Å². The number of nitrogens with one attached hydrogen (secondary N) is 2. The topological polar surface area (TPSA) is 102 Å². The largest absolute Gasteiger partial charge is 0.360 e. The van der Waals surface area contributed by atoms with Crippen molar-refractivity contribution in [3.8, 4) is 0 Å². The lowest BCUT2D eigenvalue weighted by Crippen LogP contribution is -2.25. The third kappa shape index (κ3) is 6.20. The molecule has 152 valence electrons. The molecule has 0 bridgehead atoms. The van der Waals surface area contributed by atoms with Crippen LogP contribution in [0.15, 0.2) is 51.6 Å². The van der Waals surface area contributed by atoms with Crippen molar-refractivity contribution in [2.45, 2.75) is 25.6 Å². The van der Waals surface area contributed by atoms with Crippen LogP contribution < -0.4 is 10.6 Å². The highest BCUT2D eigenvalue weighted by Gasteiger charge is 2.17. The Morgan fingerprint density at radius 3 is 2.69 bits per heavy atom. The third-order valence-corrected chi connectivity index (χ3v) is 5.61. The number of nitrogens with zero attached hydrogens (tertiary/aromatic N) is 3. The quantitative estimate of drug-likeness (QED) is 0.512. The first-order valence-corrected chi connectivity index (χ1v) is 10.7. The smallest absolute Gasteiger partial charge is 0.238 e. The monoisotopic (exact) mass is 477 g/mol. The summed E-state index contributed by atoms with van der Waals surface area (Å²) < 4.78 is 7.64. The molecule has 0 aliphatic carbocycles. The Morgan fingerprint density at radius 1 is 1.24 bits per heavy atom. The number of carbonyl (C=O) groups excluding carboxylic acids is 2. The minimum atomic E-state index is -0.426. The molecule has 2 amide bonds. The molecule has 0 fully saturated rings. The number of amides is 2. The average molecular weight is 478 g/mol. The number of halogens is 1. The lowest BCUT2D eigenvalue weighted by Gasteiger charge is -2.12. The average Bonchev–Trinajstić information content (AvgIpc) is 3.30. The molecule has 2 N–H and O–H groups in total. The summed E-state index contributed by atoms with van der Waals surface area (Å²) in [6.07, 6.45) is 1.64. The van der Waals surface area contributed by atoms with Gasteiger partial charge < -0.3 is 15.2 Å². The zero-order valence-electron chi connectivity index (χ0n) is 15.9. The molecule has 2 aromatic heterocycles. The minimum absolute atomic E-state index is 0.135. The molecule has 0 radical (unpaired) electrons. The van der Waals surface area contributed by atoms with Crippen LogP contribution in [0.3, 0.4) is 0 Å². The number of benzene rings is 1. The van der Waals surface area contributed by atoms with Gasteiger partial charge in [0.05, 0.1) is 23.7 Å². The SMILES string of the molecule is Cc1cc(NC(=O)C(C)SCC(=O)Nc2ccnn2Cc2ccc(Br)cc2)no1. The number of thioether (sulfide) groups is 1. The molecule has 29 heavy (non-hydrogen) atoms. The van der Waals surface area contributed by atoms with Crippen molar-refractivity contribution < 1.29 is 14.1 Å². The Labute approximate surface area is 180 Å². The first kappa shape index (κ1) is 21.1. The van der Waals surface area contributed by atoms with E-state index in [0.29, 0.717) is 23.9 Å². The standard InChI is InChI=1S/C19H20BrN5O3S/c1-12-9-16(24-28-12)22-19(27)13(2)29-11-18(26)23-17-7-8-21-25(17)10-14-3-5-15(20)6-4-14/h3-9,13H,10-11H2,1-2H3,(H,23,26)(H,22,24,27). The third-order valence-electron chi connectivity index (χ3n) is 3.94. The summed E-state index contributed by atoms with van der Waals surface area (Å²) in [5.74, 6) is 1.27. The number of anilines is 2. The van der Waals surface area contributed by atoms with Gasteiger partial charge in [0, 0.05) is 16.6 Å². The first-order valence-electron chi connectivity index (χ1n) is 8.82. The van der Waals surface area contributed by atoms with Gasteiger partial charge in [-0.15, -0.1) is 11.8 Å². The van der Waals surface area contributed by atoms with Gasteiger partial charge in [-0.3, -0.25) is 9.59 Å². The van der Waals surface area contributed by atoms with E-state index in [2.05, 4.69) is 36.8 Å². The summed E-state index contributed by atoms with van der Waals surface area (Å²) in [7, 11) is 0. The summed E-state index contributed by atoms with van der Waals surface area (Å²) in [4.78, 5) is 24.5. The van der Waals surface area contributed by atoms with Crippen LogP contribution in [0.4, 0.5) is 11.6 Å². The van der Waals surface area contributed by atoms with Crippen LogP contribution in [0.2, 0.25) is 0 Å². The Morgan fingerprint density at radius 2 is 2.00 bits per heavy atom. The number of hydrogen-bond acceptors (Lipinski definition) is 6. The molecular formula is C19H20BrN5O3S. The lowest BCUT2D eigenvalue weighted by molar-refractivity contribution is -0.115. The van der Waals surface area contributed by atoms with E-state index in [4.69, 9.17) is 4.52 Å². The maximum Gasteiger partial charge on any atom is 0.238 e. The van der Waals surface area contributed by atoms with E-state index in [1.54, 1.807) is 36.9 Å². The predicted octanol–water partition coefficient (Wildman–Crippen LogP) is 3.69. The molecule has 1 atom stereocenters. The van der Waals surface area contributed by atoms with Crippen molar-refractivity contribution in [1.29, 1.82) is 0 Å². The van der Waals surface area contributed by atoms with Gasteiger partial charge in [-0.2, -0.15) is 5.10 Å². The predicted molar refractivity (Wildman–Crippen MR) is 116 cm³/mol. The van der Waals surface area contributed by atoms with Gasteiger partial charge in [0.1, 0.15) is 11.6 Å². The van der Waals surface area contributed by atoms with Crippen molar-refractivity contribution in [2.75, 3.05) is 16.4 Å². The van der Waals surface area contributed by atoms with Crippen molar-refractivity contribution in [2.24, 2.45) is 0 Å². The molecule has 2 heterocycles. The van der Waals surface area contributed by atoms with Crippen molar-refractivity contribution in [3.63, 3.8) is 0 Å². The molecular weight excluding hydrogens is 458 g/mol. The molecule has 0 spiro atoms. The van der Waals surface area contributed by atoms with Gasteiger partial charge in [0.25, 0.3) is 0 Å². The fraction of sp³-hybridized carbons (Fsp3) is 0.263. The van der Waals surface area contributed by atoms with E-state index in [-0.39, 0.29) is 17.6 Å². The summed E-state index contributed by atoms with van der Waals surface area (Å²) in [6, 6.07) is 11.3. The summed E-state index contributed by atoms with van der Waals surface area (Å²) in [5, 5.41) is 13.1. The molecule has 1 aromatic carbocycles. The number of aromatic nitrogens is 3. The minimum Gasteiger partial charge on any atom is -0.360 e. The van der Waals surface area contributed by atoms with E-state index in [1.807, 2.05) is 24.3 Å². The van der Waals surface area contributed by atoms with Crippen LogP contribution in [0.1, 0.15) is 18.2 Å². The fourth-order valence-electron chi connectivity index (χ4n) is 2.44. The Kier molecular flexibility index (Phi) is 7.10. The molecule has 10 heteroatoms. The van der Waals surface area contributed by atoms with Crippen LogP contribution in [-0.2, 0) is 16.1 Å². The fourth-order valence-corrected chi connectivity index (χ4v) is 3.38. The van der Waals surface area contributed by atoms with E-state index < -0.39 is 5.25 Å². The molecule has 0 saturated carbocycles. The highest BCUT2D eigenvalue weighted by atomic mass is 79.9. The normalized spacial score (nSPS) is 11.8. The van der Waals surface area contributed by atoms with Crippen LogP contribution in [-0.4, -0.2) is 37.8 Å². The van der Waals surface area contributed by atoms with E-state index in [9.17, 15) is 9.59 Å². The van der Waals surface area contributed by atoms with Crippen LogP contribution in [0.5, 0.6) is 0 Å². The second-order valence-corrected chi connectivity index (χ2v) is 8.56. The van der Waals surface area contributed by atoms with E-state index in [1.165, 1.54) is 11.8 Å². The molecule has 3 aromatic rings. The van der Waals surface area contributed by atoms with Crippen molar-refractivity contribution >= 4 is 51.1 Å². The highest BCUT2D eigenvalue weighted by molar-refractivity contribution is 9.10. The van der Waals surface area contributed by atoms with Crippen molar-refractivity contribution in [1.82, 2.24) is 14.9 Å². The van der Waals surface area contributed by atoms with E-state index in [0.717, 1.165) is 10.0 Å². The van der Waals surface area contributed by atoms with Crippen LogP contribution in [0.25, 0.3) is 0 Å². The van der Waals surface area contributed by atoms with Crippen LogP contribution >= 0.6 is 27.7 Å². The Bertz CT molecular complexity index is 986. The zero-order chi connectivity index (χ0) is 20.8. The molecule has 8 nitrogen and oxygen atoms in total.